The molecule has 0 saturated carbocycles. The minimum Gasteiger partial charge on any atom is -0.321 e. The summed E-state index contributed by atoms with van der Waals surface area (Å²) in [4.78, 5) is 14.1. The molecule has 0 radical (unpaired) electrons. The molecule has 0 unspecified atom stereocenters. The summed E-state index contributed by atoms with van der Waals surface area (Å²) in [5.41, 5.74) is 5.30. The van der Waals surface area contributed by atoms with Gasteiger partial charge in [-0.15, -0.1) is 11.8 Å². The van der Waals surface area contributed by atoms with E-state index in [1.807, 2.05) is 25.6 Å². The maximum absolute atomic E-state index is 11.4. The summed E-state index contributed by atoms with van der Waals surface area (Å²) in [7, 11) is 0. The fourth-order valence-electron chi connectivity index (χ4n) is 2.54. The van der Waals surface area contributed by atoms with Gasteiger partial charge in [0.1, 0.15) is 0 Å². The molecule has 1 N–H and O–H groups in total. The van der Waals surface area contributed by atoms with Gasteiger partial charge >= 0.3 is 0 Å². The van der Waals surface area contributed by atoms with Crippen LogP contribution in [0.2, 0.25) is 0 Å². The van der Waals surface area contributed by atoms with Gasteiger partial charge in [-0.1, -0.05) is 29.5 Å². The molecule has 0 aromatic heterocycles. The number of fused-ring (bicyclic) bond motifs is 1. The van der Waals surface area contributed by atoms with Crippen molar-refractivity contribution >= 4 is 34.3 Å². The Morgan fingerprint density at radius 2 is 1.91 bits per heavy atom. The third kappa shape index (κ3) is 3.79. The first-order valence-corrected chi connectivity index (χ1v) is 9.47. The first-order valence-electron chi connectivity index (χ1n) is 7.43. The van der Waals surface area contributed by atoms with E-state index in [2.05, 4.69) is 36.7 Å². The minimum absolute atomic E-state index is 0.0177. The summed E-state index contributed by atoms with van der Waals surface area (Å²) < 4.78 is 0. The number of hydrogen-bond acceptors (Lipinski definition) is 3. The quantitative estimate of drug-likeness (QED) is 0.767. The predicted octanol–water partition coefficient (Wildman–Crippen LogP) is 5.21. The number of carbonyl (C=O) groups excluding carboxylic acids is 1. The highest BCUT2D eigenvalue weighted by Gasteiger charge is 2.21. The van der Waals surface area contributed by atoms with Crippen molar-refractivity contribution < 1.29 is 4.79 Å². The average molecular weight is 334 g/mol. The van der Waals surface area contributed by atoms with Gasteiger partial charge in [0.05, 0.1) is 5.03 Å². The highest BCUT2D eigenvalue weighted by molar-refractivity contribution is 8.11. The van der Waals surface area contributed by atoms with E-state index in [-0.39, 0.29) is 5.91 Å². The van der Waals surface area contributed by atoms with Crippen LogP contribution in [0.15, 0.2) is 39.3 Å². The molecular weight excluding hydrogens is 310 g/mol. The molecule has 22 heavy (non-hydrogen) atoms. The SMILES string of the molecule is CSc1cccc2c1CCC(C)=C2SC(NC(C)=O)=C(C)C. The number of benzene rings is 1. The van der Waals surface area contributed by atoms with Gasteiger partial charge in [-0.3, -0.25) is 4.79 Å². The van der Waals surface area contributed by atoms with Crippen LogP contribution in [0.4, 0.5) is 0 Å². The predicted molar refractivity (Wildman–Crippen MR) is 98.9 cm³/mol. The molecule has 0 heterocycles. The van der Waals surface area contributed by atoms with E-state index in [0.29, 0.717) is 0 Å². The average Bonchev–Trinajstić information content (AvgIpc) is 2.47. The molecule has 0 saturated heterocycles. The van der Waals surface area contributed by atoms with E-state index in [9.17, 15) is 4.79 Å². The molecule has 0 bridgehead atoms. The smallest absolute Gasteiger partial charge is 0.221 e. The van der Waals surface area contributed by atoms with Crippen molar-refractivity contribution in [3.05, 3.63) is 45.5 Å². The number of hydrogen-bond donors (Lipinski definition) is 1. The van der Waals surface area contributed by atoms with Crippen LogP contribution in [0.1, 0.15) is 45.2 Å². The molecule has 0 spiro atoms. The molecule has 4 heteroatoms. The Morgan fingerprint density at radius 3 is 2.50 bits per heavy atom. The van der Waals surface area contributed by atoms with E-state index >= 15 is 0 Å². The van der Waals surface area contributed by atoms with Gasteiger partial charge in [0.15, 0.2) is 0 Å². The van der Waals surface area contributed by atoms with Gasteiger partial charge in [0, 0.05) is 16.7 Å². The topological polar surface area (TPSA) is 29.1 Å². The molecule has 118 valence electrons. The van der Waals surface area contributed by atoms with Crippen molar-refractivity contribution in [3.8, 4) is 0 Å². The Hall–Kier alpha value is -1.13. The summed E-state index contributed by atoms with van der Waals surface area (Å²) in [6.07, 6.45) is 4.32. The molecule has 1 amide bonds. The molecule has 0 aliphatic heterocycles. The first-order chi connectivity index (χ1) is 10.4. The summed E-state index contributed by atoms with van der Waals surface area (Å²) >= 11 is 3.50. The highest BCUT2D eigenvalue weighted by Crippen LogP contribution is 2.44. The van der Waals surface area contributed by atoms with Gasteiger partial charge in [0.25, 0.3) is 0 Å². The molecule has 1 aliphatic carbocycles. The maximum atomic E-state index is 11.4. The number of carbonyl (C=O) groups is 1. The third-order valence-electron chi connectivity index (χ3n) is 3.68. The second-order valence-electron chi connectivity index (χ2n) is 5.71. The molecule has 2 rings (SSSR count). The molecule has 0 fully saturated rings. The van der Waals surface area contributed by atoms with Gasteiger partial charge in [-0.05, 0) is 62.6 Å². The summed E-state index contributed by atoms with van der Waals surface area (Å²) in [5, 5.41) is 3.92. The second kappa shape index (κ2) is 7.42. The molecule has 1 aromatic carbocycles. The lowest BCUT2D eigenvalue weighted by atomic mass is 9.93. The van der Waals surface area contributed by atoms with Crippen molar-refractivity contribution in [2.45, 2.75) is 45.4 Å². The lowest BCUT2D eigenvalue weighted by Gasteiger charge is -2.24. The fraction of sp³-hybridized carbons (Fsp3) is 0.389. The van der Waals surface area contributed by atoms with Crippen LogP contribution in [-0.4, -0.2) is 12.2 Å². The van der Waals surface area contributed by atoms with Crippen molar-refractivity contribution in [1.82, 2.24) is 5.32 Å². The second-order valence-corrected chi connectivity index (χ2v) is 7.58. The zero-order valence-corrected chi connectivity index (χ0v) is 15.5. The molecule has 0 atom stereocenters. The molecule has 1 aromatic rings. The summed E-state index contributed by atoms with van der Waals surface area (Å²) in [6, 6.07) is 6.53. The van der Waals surface area contributed by atoms with Crippen molar-refractivity contribution in [3.63, 3.8) is 0 Å². The van der Waals surface area contributed by atoms with Crippen LogP contribution in [0.25, 0.3) is 4.91 Å². The Morgan fingerprint density at radius 1 is 1.18 bits per heavy atom. The summed E-state index contributed by atoms with van der Waals surface area (Å²) in [5.74, 6) is -0.0177. The van der Waals surface area contributed by atoms with Gasteiger partial charge in [-0.2, -0.15) is 0 Å². The zero-order chi connectivity index (χ0) is 16.3. The summed E-state index contributed by atoms with van der Waals surface area (Å²) in [6.45, 7) is 7.84. The monoisotopic (exact) mass is 333 g/mol. The van der Waals surface area contributed by atoms with Gasteiger partial charge in [-0.25, -0.2) is 0 Å². The Balaban J connectivity index is 2.43. The number of amides is 1. The normalized spacial score (nSPS) is 13.7. The largest absolute Gasteiger partial charge is 0.321 e. The fourth-order valence-corrected chi connectivity index (χ4v) is 4.39. The third-order valence-corrected chi connectivity index (χ3v) is 5.99. The van der Waals surface area contributed by atoms with E-state index < -0.39 is 0 Å². The van der Waals surface area contributed by atoms with Crippen LogP contribution in [-0.2, 0) is 11.2 Å². The lowest BCUT2D eigenvalue weighted by molar-refractivity contribution is -0.118. The Labute approximate surface area is 141 Å². The van der Waals surface area contributed by atoms with Crippen LogP contribution >= 0.6 is 23.5 Å². The van der Waals surface area contributed by atoms with Gasteiger partial charge in [0.2, 0.25) is 5.91 Å². The molecule has 2 nitrogen and oxygen atoms in total. The number of nitrogens with one attached hydrogen (secondary N) is 1. The Bertz CT molecular complexity index is 655. The molecular formula is C18H23NOS2. The number of thioether (sulfide) groups is 2. The number of rotatable bonds is 4. The van der Waals surface area contributed by atoms with Gasteiger partial charge < -0.3 is 5.32 Å². The Kier molecular flexibility index (Phi) is 5.81. The van der Waals surface area contributed by atoms with Crippen LogP contribution in [0.3, 0.4) is 0 Å². The van der Waals surface area contributed by atoms with E-state index in [1.54, 1.807) is 18.7 Å². The zero-order valence-electron chi connectivity index (χ0n) is 13.9. The maximum Gasteiger partial charge on any atom is 0.221 e. The van der Waals surface area contributed by atoms with Crippen molar-refractivity contribution in [2.24, 2.45) is 0 Å². The van der Waals surface area contributed by atoms with Crippen molar-refractivity contribution in [1.29, 1.82) is 0 Å². The van der Waals surface area contributed by atoms with E-state index in [4.69, 9.17) is 0 Å². The standard InChI is InChI=1S/C18H23NOS2/c1-11(2)18(19-13(4)20)22-17-12(3)9-10-14-15(17)7-6-8-16(14)21-5/h6-8H,9-10H2,1-5H3,(H,19,20). The van der Waals surface area contributed by atoms with E-state index in [1.165, 1.54) is 26.5 Å². The van der Waals surface area contributed by atoms with E-state index in [0.717, 1.165) is 23.4 Å². The van der Waals surface area contributed by atoms with Crippen LogP contribution in [0, 0.1) is 0 Å². The lowest BCUT2D eigenvalue weighted by Crippen LogP contribution is -2.18. The minimum atomic E-state index is -0.0177. The van der Waals surface area contributed by atoms with Crippen LogP contribution < -0.4 is 5.32 Å². The molecule has 1 aliphatic rings. The highest BCUT2D eigenvalue weighted by atomic mass is 32.2. The van der Waals surface area contributed by atoms with Crippen molar-refractivity contribution in [2.75, 3.05) is 6.26 Å². The number of allylic oxidation sites excluding steroid dienone is 2. The first kappa shape index (κ1) is 17.2. The van der Waals surface area contributed by atoms with Crippen LogP contribution in [0.5, 0.6) is 0 Å².